The summed E-state index contributed by atoms with van der Waals surface area (Å²) >= 11 is 0.166. The normalized spacial score (nSPS) is 16.3. The van der Waals surface area contributed by atoms with Crippen LogP contribution in [0, 0.1) is 6.92 Å². The van der Waals surface area contributed by atoms with Gasteiger partial charge in [0, 0.05) is 0 Å². The third kappa shape index (κ3) is 5.20. The van der Waals surface area contributed by atoms with Crippen molar-refractivity contribution in [3.8, 4) is 5.75 Å². The second-order valence-electron chi connectivity index (χ2n) is 9.75. The number of allylic oxidation sites excluding steroid dienone is 1. The fourth-order valence-electron chi connectivity index (χ4n) is 4.81. The van der Waals surface area contributed by atoms with Crippen molar-refractivity contribution in [3.63, 3.8) is 0 Å². The van der Waals surface area contributed by atoms with Crippen LogP contribution in [0.3, 0.4) is 0 Å². The van der Waals surface area contributed by atoms with Gasteiger partial charge < -0.3 is 0 Å². The Balaban J connectivity index is 1.34. The summed E-state index contributed by atoms with van der Waals surface area (Å²) in [6.07, 6.45) is 0. The number of aryl methyl sites for hydroxylation is 1. The summed E-state index contributed by atoms with van der Waals surface area (Å²) in [5.41, 5.74) is 4.47. The Morgan fingerprint density at radius 1 is 0.892 bits per heavy atom. The summed E-state index contributed by atoms with van der Waals surface area (Å²) in [7, 11) is 1.67. The van der Waals surface area contributed by atoms with Gasteiger partial charge in [-0.3, -0.25) is 0 Å². The zero-order valence-corrected chi connectivity index (χ0v) is 23.5. The maximum atomic E-state index is 13.3. The Labute approximate surface area is 225 Å². The molecule has 1 aliphatic heterocycles. The Kier molecular flexibility index (Phi) is 7.19. The molecule has 1 saturated heterocycles. The first-order valence-electron chi connectivity index (χ1n) is 12.6. The predicted octanol–water partition coefficient (Wildman–Crippen LogP) is 7.05. The van der Waals surface area contributed by atoms with E-state index >= 15 is 0 Å². The first-order chi connectivity index (χ1) is 17.8. The number of ether oxygens (including phenoxy) is 1. The van der Waals surface area contributed by atoms with Crippen molar-refractivity contribution in [3.05, 3.63) is 102 Å². The molecule has 5 rings (SSSR count). The van der Waals surface area contributed by atoms with Gasteiger partial charge in [0.25, 0.3) is 0 Å². The second kappa shape index (κ2) is 10.5. The standard InChI is InChI=1S/C32H32N2O2Se/c1-20-6-7-27-17-24(8-10-26(27)16-20)21(2)23(4)34-14-15-37-32(34)33-31(35)22(3)25-9-11-29-19-30(36-5)13-12-28(29)18-25/h6-13,16-19,21-22H,4,14-15H2,1-3,5H3/t21-,22+/m1/s1. The topological polar surface area (TPSA) is 41.9 Å². The molecule has 1 amide bonds. The molecular formula is C32H32N2O2Se. The summed E-state index contributed by atoms with van der Waals surface area (Å²) in [6.45, 7) is 11.6. The molecule has 37 heavy (non-hydrogen) atoms. The molecule has 1 fully saturated rings. The first kappa shape index (κ1) is 25.3. The predicted molar refractivity (Wildman–Crippen MR) is 155 cm³/mol. The molecule has 0 aromatic heterocycles. The van der Waals surface area contributed by atoms with E-state index in [4.69, 9.17) is 4.74 Å². The van der Waals surface area contributed by atoms with Crippen LogP contribution in [0.4, 0.5) is 0 Å². The molecule has 0 unspecified atom stereocenters. The van der Waals surface area contributed by atoms with Gasteiger partial charge in [-0.1, -0.05) is 0 Å². The number of nitrogens with zero attached hydrogens (tertiary/aromatic N) is 2. The van der Waals surface area contributed by atoms with Crippen LogP contribution >= 0.6 is 0 Å². The maximum absolute atomic E-state index is 13.3. The molecule has 0 spiro atoms. The van der Waals surface area contributed by atoms with Crippen LogP contribution in [0.25, 0.3) is 21.5 Å². The van der Waals surface area contributed by atoms with Crippen molar-refractivity contribution < 1.29 is 9.53 Å². The van der Waals surface area contributed by atoms with Crippen molar-refractivity contribution in [1.82, 2.24) is 4.90 Å². The molecule has 4 aromatic rings. The number of amidine groups is 1. The number of rotatable bonds is 6. The van der Waals surface area contributed by atoms with Crippen LogP contribution in [0.2, 0.25) is 5.32 Å². The molecule has 0 aliphatic carbocycles. The molecule has 0 bridgehead atoms. The van der Waals surface area contributed by atoms with E-state index in [-0.39, 0.29) is 32.7 Å². The average Bonchev–Trinajstić information content (AvgIpc) is 3.38. The van der Waals surface area contributed by atoms with Crippen molar-refractivity contribution in [1.29, 1.82) is 0 Å². The number of benzene rings is 4. The SMILES string of the molecule is C=C([C@@H](C)c1ccc2cc(C)ccc2c1)N1CC[Se]C1=NC(=O)[C@@H](C)c1ccc2cc(OC)ccc2c1. The molecule has 5 heteroatoms. The van der Waals surface area contributed by atoms with Gasteiger partial charge >= 0.3 is 226 Å². The average molecular weight is 556 g/mol. The van der Waals surface area contributed by atoms with E-state index in [1.54, 1.807) is 7.11 Å². The molecule has 1 aliphatic rings. The third-order valence-corrected chi connectivity index (χ3v) is 9.30. The molecule has 0 radical (unpaired) electrons. The number of hydrogen-bond donors (Lipinski definition) is 0. The number of hydrogen-bond acceptors (Lipinski definition) is 2. The van der Waals surface area contributed by atoms with Crippen LogP contribution in [0.5, 0.6) is 5.75 Å². The van der Waals surface area contributed by atoms with E-state index in [1.807, 2.05) is 37.3 Å². The minimum absolute atomic E-state index is 0.0989. The number of carbonyl (C=O) groups excluding carboxylic acids is 1. The van der Waals surface area contributed by atoms with Crippen molar-refractivity contribution in [2.75, 3.05) is 13.7 Å². The van der Waals surface area contributed by atoms with Gasteiger partial charge in [0.2, 0.25) is 0 Å². The molecule has 1 heterocycles. The number of amides is 1. The van der Waals surface area contributed by atoms with E-state index in [9.17, 15) is 4.79 Å². The van der Waals surface area contributed by atoms with Crippen molar-refractivity contribution in [2.45, 2.75) is 37.9 Å². The van der Waals surface area contributed by atoms with Gasteiger partial charge in [0.15, 0.2) is 0 Å². The zero-order chi connectivity index (χ0) is 26.1. The summed E-state index contributed by atoms with van der Waals surface area (Å²) in [4.78, 5) is 20.1. The molecule has 0 N–H and O–H groups in total. The summed E-state index contributed by atoms with van der Waals surface area (Å²) in [6, 6.07) is 25.3. The van der Waals surface area contributed by atoms with Gasteiger partial charge in [-0.25, -0.2) is 0 Å². The Bertz CT molecular complexity index is 1540. The van der Waals surface area contributed by atoms with Crippen molar-refractivity contribution >= 4 is 47.1 Å². The fourth-order valence-corrected chi connectivity index (χ4v) is 6.86. The summed E-state index contributed by atoms with van der Waals surface area (Å²) in [5, 5.41) is 5.70. The quantitative estimate of drug-likeness (QED) is 0.240. The van der Waals surface area contributed by atoms with Gasteiger partial charge in [0.1, 0.15) is 0 Å². The molecule has 0 saturated carbocycles. The van der Waals surface area contributed by atoms with E-state index in [0.29, 0.717) is 0 Å². The molecule has 4 nitrogen and oxygen atoms in total. The van der Waals surface area contributed by atoms with Gasteiger partial charge in [-0.15, -0.1) is 0 Å². The Morgan fingerprint density at radius 3 is 2.19 bits per heavy atom. The molecule has 2 atom stereocenters. The van der Waals surface area contributed by atoms with Crippen LogP contribution in [-0.2, 0) is 4.79 Å². The van der Waals surface area contributed by atoms with Gasteiger partial charge in [-0.2, -0.15) is 0 Å². The number of fused-ring (bicyclic) bond motifs is 2. The molecule has 188 valence electrons. The fraction of sp³-hybridized carbons (Fsp3) is 0.250. The Hall–Kier alpha value is -3.40. The molecular weight excluding hydrogens is 523 g/mol. The van der Waals surface area contributed by atoms with E-state index in [1.165, 1.54) is 21.9 Å². The number of aliphatic imine (C=N–C) groups is 1. The number of carbonyl (C=O) groups is 1. The third-order valence-electron chi connectivity index (χ3n) is 7.29. The van der Waals surface area contributed by atoms with Crippen LogP contribution in [0.1, 0.15) is 42.4 Å². The van der Waals surface area contributed by atoms with Crippen LogP contribution < -0.4 is 4.74 Å². The second-order valence-corrected chi connectivity index (χ2v) is 12.0. The first-order valence-corrected chi connectivity index (χ1v) is 14.7. The monoisotopic (exact) mass is 556 g/mol. The number of methoxy groups -OCH3 is 1. The minimum atomic E-state index is -0.313. The van der Waals surface area contributed by atoms with Gasteiger partial charge in [0.05, 0.1) is 0 Å². The van der Waals surface area contributed by atoms with Crippen molar-refractivity contribution in [2.24, 2.45) is 4.99 Å². The Morgan fingerprint density at radius 2 is 1.49 bits per heavy atom. The van der Waals surface area contributed by atoms with Crippen LogP contribution in [-0.4, -0.2) is 44.2 Å². The van der Waals surface area contributed by atoms with Crippen LogP contribution in [0.15, 0.2) is 90.1 Å². The summed E-state index contributed by atoms with van der Waals surface area (Å²) < 4.78 is 6.22. The molecule has 4 aromatic carbocycles. The van der Waals surface area contributed by atoms with Gasteiger partial charge in [-0.05, 0) is 0 Å². The summed E-state index contributed by atoms with van der Waals surface area (Å²) in [5.74, 6) is 0.549. The van der Waals surface area contributed by atoms with E-state index in [2.05, 4.69) is 72.8 Å². The van der Waals surface area contributed by atoms with E-state index < -0.39 is 0 Å². The van der Waals surface area contributed by atoms with E-state index in [0.717, 1.165) is 44.4 Å². The zero-order valence-electron chi connectivity index (χ0n) is 21.8.